The van der Waals surface area contributed by atoms with Gasteiger partial charge in [0.05, 0.1) is 7.11 Å². The van der Waals surface area contributed by atoms with Gasteiger partial charge in [-0.15, -0.1) is 0 Å². The van der Waals surface area contributed by atoms with E-state index in [1.165, 1.54) is 25.7 Å². The number of rotatable bonds is 6. The standard InChI is InChI=1S/C16H25N3O/c1-3-17-14(16-12-6-4-5-7-13(12)16)8-11-9-15(20-2)19-10-18-11/h9-10,12-14,16-17H,3-8H2,1-2H3. The number of hydrogen-bond donors (Lipinski definition) is 1. The predicted molar refractivity (Wildman–Crippen MR) is 78.7 cm³/mol. The van der Waals surface area contributed by atoms with E-state index >= 15 is 0 Å². The van der Waals surface area contributed by atoms with E-state index in [9.17, 15) is 0 Å². The molecular formula is C16H25N3O. The molecule has 3 atom stereocenters. The maximum Gasteiger partial charge on any atom is 0.216 e. The Hall–Kier alpha value is -1.16. The molecule has 4 nitrogen and oxygen atoms in total. The summed E-state index contributed by atoms with van der Waals surface area (Å²) in [6, 6.07) is 2.53. The van der Waals surface area contributed by atoms with E-state index in [4.69, 9.17) is 4.74 Å². The van der Waals surface area contributed by atoms with Gasteiger partial charge in [0.25, 0.3) is 0 Å². The number of hydrogen-bond acceptors (Lipinski definition) is 4. The molecule has 3 rings (SSSR count). The van der Waals surface area contributed by atoms with Gasteiger partial charge in [-0.2, -0.15) is 0 Å². The zero-order valence-corrected chi connectivity index (χ0v) is 12.5. The minimum Gasteiger partial charge on any atom is -0.481 e. The first kappa shape index (κ1) is 13.8. The summed E-state index contributed by atoms with van der Waals surface area (Å²) in [6.07, 6.45) is 8.33. The molecule has 4 heteroatoms. The van der Waals surface area contributed by atoms with E-state index in [1.54, 1.807) is 13.4 Å². The van der Waals surface area contributed by atoms with Crippen LogP contribution in [0.5, 0.6) is 5.88 Å². The van der Waals surface area contributed by atoms with Gasteiger partial charge in [-0.3, -0.25) is 0 Å². The molecule has 0 aliphatic heterocycles. The number of methoxy groups -OCH3 is 1. The first-order valence-electron chi connectivity index (χ1n) is 7.91. The van der Waals surface area contributed by atoms with Crippen molar-refractivity contribution >= 4 is 0 Å². The van der Waals surface area contributed by atoms with E-state index in [-0.39, 0.29) is 0 Å². The highest BCUT2D eigenvalue weighted by Gasteiger charge is 2.53. The molecular weight excluding hydrogens is 250 g/mol. The van der Waals surface area contributed by atoms with Crippen LogP contribution in [0.3, 0.4) is 0 Å². The monoisotopic (exact) mass is 275 g/mol. The Morgan fingerprint density at radius 2 is 2.05 bits per heavy atom. The molecule has 0 radical (unpaired) electrons. The van der Waals surface area contributed by atoms with Crippen LogP contribution < -0.4 is 10.1 Å². The van der Waals surface area contributed by atoms with Gasteiger partial charge in [-0.25, -0.2) is 9.97 Å². The minimum absolute atomic E-state index is 0.563. The van der Waals surface area contributed by atoms with Crippen molar-refractivity contribution < 1.29 is 4.74 Å². The fourth-order valence-corrected chi connectivity index (χ4v) is 4.08. The smallest absolute Gasteiger partial charge is 0.216 e. The summed E-state index contributed by atoms with van der Waals surface area (Å²) in [7, 11) is 1.66. The third kappa shape index (κ3) is 2.80. The molecule has 1 aromatic rings. The number of fused-ring (bicyclic) bond motifs is 1. The third-order valence-electron chi connectivity index (χ3n) is 4.99. The van der Waals surface area contributed by atoms with Gasteiger partial charge in [-0.1, -0.05) is 19.8 Å². The topological polar surface area (TPSA) is 47.0 Å². The normalized spacial score (nSPS) is 29.6. The molecule has 2 aliphatic carbocycles. The second kappa shape index (κ2) is 6.08. The summed E-state index contributed by atoms with van der Waals surface area (Å²) in [5, 5.41) is 3.69. The van der Waals surface area contributed by atoms with E-state index in [0.717, 1.165) is 36.4 Å². The van der Waals surface area contributed by atoms with Gasteiger partial charge >= 0.3 is 0 Å². The first-order valence-corrected chi connectivity index (χ1v) is 7.91. The lowest BCUT2D eigenvalue weighted by molar-refractivity contribution is 0.393. The van der Waals surface area contributed by atoms with Crippen LogP contribution in [-0.2, 0) is 6.42 Å². The maximum absolute atomic E-state index is 5.20. The van der Waals surface area contributed by atoms with Crippen LogP contribution in [0.25, 0.3) is 0 Å². The Bertz CT molecular complexity index is 439. The van der Waals surface area contributed by atoms with Gasteiger partial charge in [0, 0.05) is 24.2 Å². The molecule has 1 N–H and O–H groups in total. The van der Waals surface area contributed by atoms with Gasteiger partial charge in [0.15, 0.2) is 0 Å². The molecule has 0 amide bonds. The highest BCUT2D eigenvalue weighted by atomic mass is 16.5. The lowest BCUT2D eigenvalue weighted by atomic mass is 10.0. The zero-order valence-electron chi connectivity index (χ0n) is 12.5. The van der Waals surface area contributed by atoms with Crippen LogP contribution in [0, 0.1) is 17.8 Å². The Balaban J connectivity index is 1.68. The van der Waals surface area contributed by atoms with E-state index in [1.807, 2.05) is 6.07 Å². The molecule has 0 spiro atoms. The molecule has 0 bridgehead atoms. The van der Waals surface area contributed by atoms with Crippen molar-refractivity contribution in [1.29, 1.82) is 0 Å². The van der Waals surface area contributed by atoms with Crippen molar-refractivity contribution in [2.24, 2.45) is 17.8 Å². The Labute approximate surface area is 121 Å². The van der Waals surface area contributed by atoms with Crippen molar-refractivity contribution in [2.75, 3.05) is 13.7 Å². The summed E-state index contributed by atoms with van der Waals surface area (Å²) in [5.41, 5.74) is 1.09. The zero-order chi connectivity index (χ0) is 13.9. The average molecular weight is 275 g/mol. The van der Waals surface area contributed by atoms with Crippen molar-refractivity contribution in [3.63, 3.8) is 0 Å². The van der Waals surface area contributed by atoms with Crippen LogP contribution in [0.15, 0.2) is 12.4 Å². The van der Waals surface area contributed by atoms with E-state index in [0.29, 0.717) is 11.9 Å². The lowest BCUT2D eigenvalue weighted by Crippen LogP contribution is -2.34. The summed E-state index contributed by atoms with van der Waals surface area (Å²) in [5.74, 6) is 3.46. The fraction of sp³-hybridized carbons (Fsp3) is 0.750. The lowest BCUT2D eigenvalue weighted by Gasteiger charge is -2.18. The predicted octanol–water partition coefficient (Wildman–Crippen LogP) is 2.44. The molecule has 1 heterocycles. The summed E-state index contributed by atoms with van der Waals surface area (Å²) < 4.78 is 5.20. The van der Waals surface area contributed by atoms with Crippen molar-refractivity contribution in [2.45, 2.75) is 45.1 Å². The van der Waals surface area contributed by atoms with Gasteiger partial charge in [-0.05, 0) is 37.1 Å². The van der Waals surface area contributed by atoms with Crippen LogP contribution in [0.4, 0.5) is 0 Å². The molecule has 0 aromatic carbocycles. The summed E-state index contributed by atoms with van der Waals surface area (Å²) in [4.78, 5) is 8.50. The highest BCUT2D eigenvalue weighted by molar-refractivity contribution is 5.16. The Morgan fingerprint density at radius 3 is 2.70 bits per heavy atom. The van der Waals surface area contributed by atoms with E-state index < -0.39 is 0 Å². The van der Waals surface area contributed by atoms with Crippen molar-refractivity contribution in [3.8, 4) is 5.88 Å². The number of likely N-dealkylation sites (N-methyl/N-ethyl adjacent to an activating group) is 1. The van der Waals surface area contributed by atoms with Crippen molar-refractivity contribution in [3.05, 3.63) is 18.1 Å². The van der Waals surface area contributed by atoms with Gasteiger partial charge < -0.3 is 10.1 Å². The van der Waals surface area contributed by atoms with Crippen LogP contribution in [0.2, 0.25) is 0 Å². The highest BCUT2D eigenvalue weighted by Crippen LogP contribution is 2.57. The first-order chi connectivity index (χ1) is 9.83. The Kier molecular flexibility index (Phi) is 4.20. The number of ether oxygens (including phenoxy) is 1. The maximum atomic E-state index is 5.20. The minimum atomic E-state index is 0.563. The molecule has 2 fully saturated rings. The fourth-order valence-electron chi connectivity index (χ4n) is 4.08. The second-order valence-electron chi connectivity index (χ2n) is 6.11. The third-order valence-corrected chi connectivity index (χ3v) is 4.99. The average Bonchev–Trinajstić information content (AvgIpc) is 3.21. The SMILES string of the molecule is CCNC(Cc1cc(OC)ncn1)C1C2CCCCC21. The molecule has 3 unspecified atom stereocenters. The molecule has 1 aromatic heterocycles. The summed E-state index contributed by atoms with van der Waals surface area (Å²) in [6.45, 7) is 3.22. The number of nitrogens with zero attached hydrogens (tertiary/aromatic N) is 2. The van der Waals surface area contributed by atoms with Crippen molar-refractivity contribution in [1.82, 2.24) is 15.3 Å². The van der Waals surface area contributed by atoms with E-state index in [2.05, 4.69) is 22.2 Å². The largest absolute Gasteiger partial charge is 0.481 e. The molecule has 2 aliphatic rings. The molecule has 0 saturated heterocycles. The van der Waals surface area contributed by atoms with Gasteiger partial charge in [0.2, 0.25) is 5.88 Å². The molecule has 110 valence electrons. The molecule has 2 saturated carbocycles. The van der Waals surface area contributed by atoms with Crippen LogP contribution in [0.1, 0.15) is 38.3 Å². The second-order valence-corrected chi connectivity index (χ2v) is 6.11. The Morgan fingerprint density at radius 1 is 1.30 bits per heavy atom. The quantitative estimate of drug-likeness (QED) is 0.866. The van der Waals surface area contributed by atoms with Gasteiger partial charge in [0.1, 0.15) is 6.33 Å². The van der Waals surface area contributed by atoms with Crippen LogP contribution in [-0.4, -0.2) is 29.7 Å². The summed E-state index contributed by atoms with van der Waals surface area (Å²) >= 11 is 0. The number of aromatic nitrogens is 2. The molecule has 20 heavy (non-hydrogen) atoms. The van der Waals surface area contributed by atoms with Crippen LogP contribution >= 0.6 is 0 Å². The number of nitrogens with one attached hydrogen (secondary N) is 1.